The molecule has 0 radical (unpaired) electrons. The van der Waals surface area contributed by atoms with Gasteiger partial charge in [-0.05, 0) is 79.0 Å². The summed E-state index contributed by atoms with van der Waals surface area (Å²) in [5, 5.41) is 15.5. The van der Waals surface area contributed by atoms with Crippen LogP contribution < -0.4 is 10.2 Å². The number of hydrogen-bond acceptors (Lipinski definition) is 5. The van der Waals surface area contributed by atoms with Gasteiger partial charge in [0.15, 0.2) is 0 Å². The zero-order valence-corrected chi connectivity index (χ0v) is 26.3. The van der Waals surface area contributed by atoms with Crippen LogP contribution in [0.5, 0.6) is 0 Å². The molecule has 8 heteroatoms. The van der Waals surface area contributed by atoms with Crippen LogP contribution in [0.4, 0.5) is 18.9 Å². The SMILES string of the molecule is C=C(O)c1ccc(CN(C(C)C)C2NC(c3ccc(N(Cc4ccc(C(F)(F)F)cc4)CC4CCCCC4)cc3)=CS2)cc1. The van der Waals surface area contributed by atoms with Crippen LogP contribution in [0.15, 0.2) is 84.8 Å². The van der Waals surface area contributed by atoms with Crippen molar-refractivity contribution in [2.45, 2.75) is 76.8 Å². The quantitative estimate of drug-likeness (QED) is 0.209. The fourth-order valence-electron chi connectivity index (χ4n) is 6.01. The molecule has 234 valence electrons. The summed E-state index contributed by atoms with van der Waals surface area (Å²) in [5.74, 6) is 0.664. The van der Waals surface area contributed by atoms with E-state index in [0.29, 0.717) is 18.5 Å². The van der Waals surface area contributed by atoms with Crippen molar-refractivity contribution < 1.29 is 18.3 Å². The molecule has 1 saturated carbocycles. The third-order valence-electron chi connectivity index (χ3n) is 8.61. The summed E-state index contributed by atoms with van der Waals surface area (Å²) in [6.07, 6.45) is 1.84. The van der Waals surface area contributed by atoms with E-state index in [4.69, 9.17) is 0 Å². The maximum atomic E-state index is 13.1. The fourth-order valence-corrected chi connectivity index (χ4v) is 7.15. The molecule has 3 aromatic rings. The summed E-state index contributed by atoms with van der Waals surface area (Å²) < 4.78 is 39.4. The summed E-state index contributed by atoms with van der Waals surface area (Å²) in [5.41, 5.74) is 5.50. The second-order valence-corrected chi connectivity index (χ2v) is 13.2. The van der Waals surface area contributed by atoms with E-state index in [1.807, 2.05) is 24.3 Å². The number of halogens is 3. The molecule has 1 unspecified atom stereocenters. The van der Waals surface area contributed by atoms with Gasteiger partial charge in [-0.1, -0.05) is 86.1 Å². The van der Waals surface area contributed by atoms with E-state index >= 15 is 0 Å². The highest BCUT2D eigenvalue weighted by Crippen LogP contribution is 2.34. The summed E-state index contributed by atoms with van der Waals surface area (Å²) in [7, 11) is 0. The Kier molecular flexibility index (Phi) is 10.3. The number of nitrogens with zero attached hydrogens (tertiary/aromatic N) is 2. The Morgan fingerprint density at radius 2 is 1.52 bits per heavy atom. The largest absolute Gasteiger partial charge is 0.508 e. The number of thioether (sulfide) groups is 1. The zero-order valence-electron chi connectivity index (χ0n) is 25.5. The van der Waals surface area contributed by atoms with Gasteiger partial charge in [0.2, 0.25) is 0 Å². The highest BCUT2D eigenvalue weighted by molar-refractivity contribution is 8.03. The first-order valence-corrected chi connectivity index (χ1v) is 16.4. The van der Waals surface area contributed by atoms with Crippen molar-refractivity contribution in [3.8, 4) is 0 Å². The molecule has 0 aromatic heterocycles. The van der Waals surface area contributed by atoms with E-state index in [2.05, 4.69) is 65.2 Å². The van der Waals surface area contributed by atoms with Gasteiger partial charge in [-0.3, -0.25) is 4.90 Å². The second-order valence-electron chi connectivity index (χ2n) is 12.2. The van der Waals surface area contributed by atoms with Crippen molar-refractivity contribution in [3.05, 3.63) is 113 Å². The van der Waals surface area contributed by atoms with E-state index in [9.17, 15) is 18.3 Å². The van der Waals surface area contributed by atoms with Gasteiger partial charge in [0.1, 0.15) is 11.3 Å². The summed E-state index contributed by atoms with van der Waals surface area (Å²) in [4.78, 5) is 4.73. The standard InChI is InChI=1S/C36H42F3N3OS/c1-25(2)42(23-29-9-13-30(14-10-29)26(3)43)35-40-34(24-44-35)31-15-19-33(20-16-31)41(21-27-7-5-4-6-8-27)22-28-11-17-32(18-12-28)36(37,38)39/h9-20,24-25,27,35,40,43H,3-8,21-23H2,1-2H3. The van der Waals surface area contributed by atoms with Crippen LogP contribution in [0.25, 0.3) is 11.5 Å². The van der Waals surface area contributed by atoms with Crippen LogP contribution in [0, 0.1) is 5.92 Å². The van der Waals surface area contributed by atoms with Crippen molar-refractivity contribution in [1.82, 2.24) is 10.2 Å². The molecule has 2 N–H and O–H groups in total. The minimum Gasteiger partial charge on any atom is -0.508 e. The molecule has 0 spiro atoms. The predicted octanol–water partition coefficient (Wildman–Crippen LogP) is 9.65. The lowest BCUT2D eigenvalue weighted by atomic mass is 9.88. The lowest BCUT2D eigenvalue weighted by Crippen LogP contribution is -2.43. The molecule has 44 heavy (non-hydrogen) atoms. The molecule has 4 nitrogen and oxygen atoms in total. The Bertz CT molecular complexity index is 1410. The van der Waals surface area contributed by atoms with Crippen LogP contribution in [-0.4, -0.2) is 28.1 Å². The molecule has 1 aliphatic heterocycles. The Hall–Kier alpha value is -3.36. The third kappa shape index (κ3) is 8.21. The Labute approximate surface area is 263 Å². The third-order valence-corrected chi connectivity index (χ3v) is 9.63. The minimum absolute atomic E-state index is 0.0711. The molecule has 0 bridgehead atoms. The molecule has 1 heterocycles. The number of aliphatic hydroxyl groups is 1. The van der Waals surface area contributed by atoms with Gasteiger partial charge >= 0.3 is 6.18 Å². The molecule has 0 saturated heterocycles. The molecule has 1 atom stereocenters. The molecule has 1 fully saturated rings. The molecule has 2 aliphatic rings. The number of anilines is 1. The highest BCUT2D eigenvalue weighted by Gasteiger charge is 2.30. The van der Waals surface area contributed by atoms with Crippen molar-refractivity contribution >= 4 is 28.9 Å². The Balaban J connectivity index is 1.27. The number of alkyl halides is 3. The van der Waals surface area contributed by atoms with Crippen molar-refractivity contribution in [3.63, 3.8) is 0 Å². The van der Waals surface area contributed by atoms with Gasteiger partial charge in [0.05, 0.1) is 5.56 Å². The Morgan fingerprint density at radius 1 is 0.909 bits per heavy atom. The number of hydrogen-bond donors (Lipinski definition) is 2. The fraction of sp³-hybridized carbons (Fsp3) is 0.389. The van der Waals surface area contributed by atoms with Crippen LogP contribution >= 0.6 is 11.8 Å². The van der Waals surface area contributed by atoms with Gasteiger partial charge in [0.25, 0.3) is 0 Å². The number of rotatable bonds is 11. The zero-order chi connectivity index (χ0) is 31.3. The number of benzene rings is 3. The summed E-state index contributed by atoms with van der Waals surface area (Å²) >= 11 is 1.76. The molecular weight excluding hydrogens is 579 g/mol. The lowest BCUT2D eigenvalue weighted by molar-refractivity contribution is -0.137. The van der Waals surface area contributed by atoms with Gasteiger partial charge < -0.3 is 15.3 Å². The van der Waals surface area contributed by atoms with Crippen molar-refractivity contribution in [2.24, 2.45) is 5.92 Å². The smallest absolute Gasteiger partial charge is 0.416 e. The van der Waals surface area contributed by atoms with Crippen LogP contribution in [0.3, 0.4) is 0 Å². The van der Waals surface area contributed by atoms with Crippen molar-refractivity contribution in [1.29, 1.82) is 0 Å². The highest BCUT2D eigenvalue weighted by atomic mass is 32.2. The first-order valence-electron chi connectivity index (χ1n) is 15.4. The average Bonchev–Trinajstić information content (AvgIpc) is 3.50. The Morgan fingerprint density at radius 3 is 2.11 bits per heavy atom. The molecular formula is C36H42F3N3OS. The number of nitrogens with one attached hydrogen (secondary N) is 1. The van der Waals surface area contributed by atoms with Gasteiger partial charge in [-0.25, -0.2) is 0 Å². The van der Waals surface area contributed by atoms with E-state index in [1.165, 1.54) is 44.2 Å². The molecule has 3 aromatic carbocycles. The topological polar surface area (TPSA) is 38.7 Å². The maximum Gasteiger partial charge on any atom is 0.416 e. The van der Waals surface area contributed by atoms with Crippen LogP contribution in [-0.2, 0) is 19.3 Å². The van der Waals surface area contributed by atoms with E-state index < -0.39 is 11.7 Å². The normalized spacial score (nSPS) is 17.5. The molecule has 0 amide bonds. The predicted molar refractivity (Wildman–Crippen MR) is 177 cm³/mol. The molecule has 5 rings (SSSR count). The van der Waals surface area contributed by atoms with Crippen molar-refractivity contribution in [2.75, 3.05) is 11.4 Å². The van der Waals surface area contributed by atoms with Crippen LogP contribution in [0.2, 0.25) is 0 Å². The lowest BCUT2D eigenvalue weighted by Gasteiger charge is -2.33. The van der Waals surface area contributed by atoms with E-state index in [1.54, 1.807) is 23.9 Å². The first-order chi connectivity index (χ1) is 21.1. The van der Waals surface area contributed by atoms with E-state index in [-0.39, 0.29) is 11.3 Å². The average molecular weight is 622 g/mol. The first kappa shape index (κ1) is 32.0. The minimum atomic E-state index is -4.33. The molecule has 1 aliphatic carbocycles. The van der Waals surface area contributed by atoms with Gasteiger partial charge in [-0.2, -0.15) is 13.2 Å². The second kappa shape index (κ2) is 14.2. The van der Waals surface area contributed by atoms with Gasteiger partial charge in [0, 0.05) is 42.6 Å². The van der Waals surface area contributed by atoms with Crippen LogP contribution in [0.1, 0.15) is 73.8 Å². The summed E-state index contributed by atoms with van der Waals surface area (Å²) in [6.45, 7) is 10.2. The van der Waals surface area contributed by atoms with E-state index in [0.717, 1.165) is 46.7 Å². The maximum absolute atomic E-state index is 13.1. The number of aliphatic hydroxyl groups excluding tert-OH is 1. The van der Waals surface area contributed by atoms with Gasteiger partial charge in [-0.15, -0.1) is 0 Å². The monoisotopic (exact) mass is 621 g/mol. The summed E-state index contributed by atoms with van der Waals surface area (Å²) in [6, 6.07) is 22.3.